The minimum absolute atomic E-state index is 0.492. The number of nitrogens with one attached hydrogen (secondary N) is 2. The molecule has 2 N–H and O–H groups in total. The van der Waals surface area contributed by atoms with Crippen molar-refractivity contribution in [1.29, 1.82) is 5.26 Å². The van der Waals surface area contributed by atoms with Crippen LogP contribution < -0.4 is 10.6 Å². The Kier molecular flexibility index (Phi) is 4.58. The molecule has 6 heteroatoms. The summed E-state index contributed by atoms with van der Waals surface area (Å²) < 4.78 is 4.51. The molecule has 0 saturated heterocycles. The molecule has 2 rings (SSSR count). The van der Waals surface area contributed by atoms with Crippen LogP contribution in [0.2, 0.25) is 0 Å². The second kappa shape index (κ2) is 6.59. The molecule has 5 nitrogen and oxygen atoms in total. The van der Waals surface area contributed by atoms with E-state index in [-0.39, 0.29) is 0 Å². The molecular formula is C14H13N3O2S. The fourth-order valence-corrected chi connectivity index (χ4v) is 2.31. The van der Waals surface area contributed by atoms with Crippen LogP contribution in [0.1, 0.15) is 10.4 Å². The molecule has 102 valence electrons. The Bertz CT molecular complexity index is 629. The number of amides is 1. The van der Waals surface area contributed by atoms with Crippen molar-refractivity contribution < 1.29 is 9.53 Å². The van der Waals surface area contributed by atoms with Crippen molar-refractivity contribution >= 4 is 28.8 Å². The quantitative estimate of drug-likeness (QED) is 0.903. The second-order valence-electron chi connectivity index (χ2n) is 3.96. The molecule has 0 aliphatic heterocycles. The summed E-state index contributed by atoms with van der Waals surface area (Å²) >= 11 is 1.55. The Morgan fingerprint density at radius 1 is 1.35 bits per heavy atom. The Hall–Kier alpha value is -2.52. The number of benzene rings is 1. The van der Waals surface area contributed by atoms with Gasteiger partial charge in [-0.2, -0.15) is 5.26 Å². The zero-order chi connectivity index (χ0) is 14.4. The van der Waals surface area contributed by atoms with Gasteiger partial charge in [0, 0.05) is 28.2 Å². The molecule has 1 aromatic carbocycles. The highest BCUT2D eigenvalue weighted by Crippen LogP contribution is 2.18. The summed E-state index contributed by atoms with van der Waals surface area (Å²) in [6, 6.07) is 11.3. The topological polar surface area (TPSA) is 74.2 Å². The first-order valence-electron chi connectivity index (χ1n) is 5.87. The first-order valence-corrected chi connectivity index (χ1v) is 6.75. The number of carbonyl (C=O) groups is 1. The van der Waals surface area contributed by atoms with Crippen LogP contribution in [0, 0.1) is 11.3 Å². The lowest BCUT2D eigenvalue weighted by atomic mass is 10.2. The Labute approximate surface area is 120 Å². The van der Waals surface area contributed by atoms with Crippen LogP contribution in [-0.2, 0) is 11.3 Å². The zero-order valence-corrected chi connectivity index (χ0v) is 11.7. The SMILES string of the molecule is COC(=O)Nc1ccc(NCc2cc(C#N)cs2)cc1. The van der Waals surface area contributed by atoms with Crippen LogP contribution in [0.25, 0.3) is 0 Å². The van der Waals surface area contributed by atoms with Crippen molar-refractivity contribution in [2.75, 3.05) is 17.7 Å². The van der Waals surface area contributed by atoms with E-state index < -0.39 is 6.09 Å². The number of anilines is 2. The van der Waals surface area contributed by atoms with Gasteiger partial charge in [0.25, 0.3) is 0 Å². The van der Waals surface area contributed by atoms with E-state index in [0.29, 0.717) is 17.8 Å². The van der Waals surface area contributed by atoms with Gasteiger partial charge in [0.1, 0.15) is 6.07 Å². The van der Waals surface area contributed by atoms with Crippen molar-refractivity contribution in [1.82, 2.24) is 0 Å². The zero-order valence-electron chi connectivity index (χ0n) is 10.8. The normalized spacial score (nSPS) is 9.60. The highest BCUT2D eigenvalue weighted by atomic mass is 32.1. The summed E-state index contributed by atoms with van der Waals surface area (Å²) in [7, 11) is 1.32. The fraction of sp³-hybridized carbons (Fsp3) is 0.143. The van der Waals surface area contributed by atoms with Crippen LogP contribution in [0.3, 0.4) is 0 Å². The molecule has 0 atom stereocenters. The minimum Gasteiger partial charge on any atom is -0.453 e. The lowest BCUT2D eigenvalue weighted by Crippen LogP contribution is -2.10. The molecule has 1 aromatic heterocycles. The summed E-state index contributed by atoms with van der Waals surface area (Å²) in [5.41, 5.74) is 2.29. The Morgan fingerprint density at radius 3 is 2.65 bits per heavy atom. The number of rotatable bonds is 4. The van der Waals surface area contributed by atoms with Crippen molar-refractivity contribution in [2.24, 2.45) is 0 Å². The molecule has 0 spiro atoms. The number of nitriles is 1. The third kappa shape index (κ3) is 3.73. The Morgan fingerprint density at radius 2 is 2.05 bits per heavy atom. The third-order valence-corrected chi connectivity index (χ3v) is 3.50. The maximum atomic E-state index is 11.0. The fourth-order valence-electron chi connectivity index (χ4n) is 1.56. The molecule has 0 aliphatic carbocycles. The summed E-state index contributed by atoms with van der Waals surface area (Å²) in [5, 5.41) is 16.4. The number of hydrogen-bond donors (Lipinski definition) is 2. The van der Waals surface area contributed by atoms with Crippen LogP contribution in [0.4, 0.5) is 16.2 Å². The van der Waals surface area contributed by atoms with Gasteiger partial charge < -0.3 is 10.1 Å². The van der Waals surface area contributed by atoms with E-state index in [1.807, 2.05) is 23.6 Å². The molecule has 0 saturated carbocycles. The average molecular weight is 287 g/mol. The summed E-state index contributed by atoms with van der Waals surface area (Å²) in [4.78, 5) is 12.1. The number of ether oxygens (including phenoxy) is 1. The second-order valence-corrected chi connectivity index (χ2v) is 4.96. The van der Waals surface area contributed by atoms with Crippen molar-refractivity contribution in [3.63, 3.8) is 0 Å². The van der Waals surface area contributed by atoms with Crippen molar-refractivity contribution in [3.05, 3.63) is 46.2 Å². The predicted molar refractivity (Wildman–Crippen MR) is 78.8 cm³/mol. The standard InChI is InChI=1S/C14H13N3O2S/c1-19-14(18)17-12-4-2-11(3-5-12)16-8-13-6-10(7-15)9-20-13/h2-6,9,16H,8H2,1H3,(H,17,18). The van der Waals surface area contributed by atoms with E-state index in [0.717, 1.165) is 10.6 Å². The lowest BCUT2D eigenvalue weighted by Gasteiger charge is -2.07. The van der Waals surface area contributed by atoms with Gasteiger partial charge in [-0.3, -0.25) is 5.32 Å². The molecule has 0 bridgehead atoms. The van der Waals surface area contributed by atoms with E-state index in [2.05, 4.69) is 21.4 Å². The van der Waals surface area contributed by atoms with Gasteiger partial charge in [-0.1, -0.05) is 0 Å². The first kappa shape index (κ1) is 13.9. The molecule has 0 unspecified atom stereocenters. The van der Waals surface area contributed by atoms with E-state index >= 15 is 0 Å². The third-order valence-electron chi connectivity index (χ3n) is 2.57. The van der Waals surface area contributed by atoms with Gasteiger partial charge in [-0.25, -0.2) is 4.79 Å². The summed E-state index contributed by atoms with van der Waals surface area (Å²) in [6.07, 6.45) is -0.492. The van der Waals surface area contributed by atoms with E-state index in [9.17, 15) is 4.79 Å². The van der Waals surface area contributed by atoms with Crippen molar-refractivity contribution in [2.45, 2.75) is 6.54 Å². The average Bonchev–Trinajstić information content (AvgIpc) is 2.94. The number of thiophene rings is 1. The van der Waals surface area contributed by atoms with E-state index in [1.165, 1.54) is 7.11 Å². The van der Waals surface area contributed by atoms with Crippen LogP contribution >= 0.6 is 11.3 Å². The summed E-state index contributed by atoms with van der Waals surface area (Å²) in [5.74, 6) is 0. The number of methoxy groups -OCH3 is 1. The molecule has 1 heterocycles. The van der Waals surface area contributed by atoms with Gasteiger partial charge >= 0.3 is 6.09 Å². The van der Waals surface area contributed by atoms with Gasteiger partial charge in [0.15, 0.2) is 0 Å². The lowest BCUT2D eigenvalue weighted by molar-refractivity contribution is 0.187. The predicted octanol–water partition coefficient (Wildman–Crippen LogP) is 3.41. The highest BCUT2D eigenvalue weighted by molar-refractivity contribution is 7.10. The summed E-state index contributed by atoms with van der Waals surface area (Å²) in [6.45, 7) is 0.663. The molecule has 0 aliphatic rings. The molecule has 0 radical (unpaired) electrons. The molecule has 1 amide bonds. The van der Waals surface area contributed by atoms with E-state index in [1.54, 1.807) is 23.5 Å². The van der Waals surface area contributed by atoms with Crippen LogP contribution in [0.5, 0.6) is 0 Å². The van der Waals surface area contributed by atoms with Gasteiger partial charge in [-0.05, 0) is 30.3 Å². The Balaban J connectivity index is 1.90. The van der Waals surface area contributed by atoms with Gasteiger partial charge in [-0.15, -0.1) is 11.3 Å². The monoisotopic (exact) mass is 287 g/mol. The van der Waals surface area contributed by atoms with Crippen molar-refractivity contribution in [3.8, 4) is 6.07 Å². The largest absolute Gasteiger partial charge is 0.453 e. The number of hydrogen-bond acceptors (Lipinski definition) is 5. The number of carbonyl (C=O) groups excluding carboxylic acids is 1. The van der Waals surface area contributed by atoms with Gasteiger partial charge in [0.2, 0.25) is 0 Å². The smallest absolute Gasteiger partial charge is 0.411 e. The molecule has 2 aromatic rings. The van der Waals surface area contributed by atoms with E-state index in [4.69, 9.17) is 5.26 Å². The molecular weight excluding hydrogens is 274 g/mol. The van der Waals surface area contributed by atoms with Crippen LogP contribution in [-0.4, -0.2) is 13.2 Å². The number of nitrogens with zero attached hydrogens (tertiary/aromatic N) is 1. The molecule has 20 heavy (non-hydrogen) atoms. The molecule has 0 fully saturated rings. The first-order chi connectivity index (χ1) is 9.71. The maximum absolute atomic E-state index is 11.0. The maximum Gasteiger partial charge on any atom is 0.411 e. The van der Waals surface area contributed by atoms with Crippen LogP contribution in [0.15, 0.2) is 35.7 Å². The van der Waals surface area contributed by atoms with Gasteiger partial charge in [0.05, 0.1) is 12.7 Å². The minimum atomic E-state index is -0.492. The highest BCUT2D eigenvalue weighted by Gasteiger charge is 2.01.